The summed E-state index contributed by atoms with van der Waals surface area (Å²) in [6.07, 6.45) is 1.37. The Labute approximate surface area is 247 Å². The topological polar surface area (TPSA) is 87.3 Å². The van der Waals surface area contributed by atoms with Crippen LogP contribution in [-0.4, -0.2) is 75.1 Å². The second-order valence-corrected chi connectivity index (χ2v) is 12.4. The predicted molar refractivity (Wildman–Crippen MR) is 157 cm³/mol. The highest BCUT2D eigenvalue weighted by atomic mass is 19.3. The van der Waals surface area contributed by atoms with Crippen molar-refractivity contribution in [2.75, 3.05) is 39.5 Å². The first kappa shape index (κ1) is 29.7. The molecule has 43 heavy (non-hydrogen) atoms. The summed E-state index contributed by atoms with van der Waals surface area (Å²) in [6.45, 7) is 7.42. The average molecular weight is 599 g/mol. The van der Waals surface area contributed by atoms with Gasteiger partial charge in [0.15, 0.2) is 5.65 Å². The van der Waals surface area contributed by atoms with E-state index < -0.39 is 18.0 Å². The van der Waals surface area contributed by atoms with E-state index in [1.165, 1.54) is 16.8 Å². The summed E-state index contributed by atoms with van der Waals surface area (Å²) in [5.74, 6) is -3.32. The number of likely N-dealkylation sites (tertiary alicyclic amines) is 1. The number of hydrogen-bond donors (Lipinski definition) is 0. The zero-order valence-corrected chi connectivity index (χ0v) is 24.7. The van der Waals surface area contributed by atoms with Gasteiger partial charge in [-0.1, -0.05) is 26.0 Å². The Morgan fingerprint density at radius 2 is 1.81 bits per heavy atom. The molecule has 2 saturated heterocycles. The van der Waals surface area contributed by atoms with Crippen LogP contribution >= 0.6 is 0 Å². The molecule has 2 fully saturated rings. The summed E-state index contributed by atoms with van der Waals surface area (Å²) in [5.41, 5.74) is 2.68. The number of aromatic nitrogens is 5. The van der Waals surface area contributed by atoms with E-state index in [2.05, 4.69) is 33.9 Å². The second-order valence-electron chi connectivity index (χ2n) is 12.4. The number of benzene rings is 1. The minimum Gasteiger partial charge on any atom is -0.381 e. The lowest BCUT2D eigenvalue weighted by Gasteiger charge is -2.37. The Morgan fingerprint density at radius 3 is 2.49 bits per heavy atom. The first-order valence-electron chi connectivity index (χ1n) is 14.8. The van der Waals surface area contributed by atoms with Crippen LogP contribution in [0.25, 0.3) is 33.2 Å². The van der Waals surface area contributed by atoms with Crippen molar-refractivity contribution in [3.8, 4) is 11.1 Å². The first-order chi connectivity index (χ1) is 20.6. The fraction of sp³-hybridized carbons (Fsp3) is 0.548. The van der Waals surface area contributed by atoms with Gasteiger partial charge in [-0.25, -0.2) is 13.6 Å². The largest absolute Gasteiger partial charge is 0.381 e. The van der Waals surface area contributed by atoms with Gasteiger partial charge in [0.2, 0.25) is 0 Å². The van der Waals surface area contributed by atoms with E-state index in [9.17, 15) is 13.6 Å². The van der Waals surface area contributed by atoms with Gasteiger partial charge in [-0.05, 0) is 68.0 Å². The van der Waals surface area contributed by atoms with Crippen LogP contribution in [0.5, 0.6) is 0 Å². The highest BCUT2D eigenvalue weighted by molar-refractivity contribution is 6.02. The van der Waals surface area contributed by atoms with E-state index >= 15 is 4.39 Å². The lowest BCUT2D eigenvalue weighted by atomic mass is 9.83. The van der Waals surface area contributed by atoms with Gasteiger partial charge in [0, 0.05) is 50.0 Å². The van der Waals surface area contributed by atoms with Crippen LogP contribution in [0.2, 0.25) is 0 Å². The van der Waals surface area contributed by atoms with Crippen LogP contribution in [0.3, 0.4) is 0 Å². The third kappa shape index (κ3) is 5.67. The first-order valence-corrected chi connectivity index (χ1v) is 14.8. The molecule has 0 radical (unpaired) electrons. The minimum atomic E-state index is -3.40. The minimum absolute atomic E-state index is 0.0317. The number of aryl methyl sites for hydroxylation is 1. The van der Waals surface area contributed by atoms with Crippen LogP contribution < -0.4 is 5.69 Å². The number of hydrogen-bond acceptors (Lipinski definition) is 7. The van der Waals surface area contributed by atoms with E-state index in [0.29, 0.717) is 60.4 Å². The Kier molecular flexibility index (Phi) is 8.03. The molecule has 0 spiro atoms. The molecule has 3 aromatic heterocycles. The summed E-state index contributed by atoms with van der Waals surface area (Å²) in [4.78, 5) is 19.5. The third-order valence-electron chi connectivity index (χ3n) is 8.98. The number of alkyl halides is 3. The Bertz CT molecular complexity index is 1660. The van der Waals surface area contributed by atoms with Crippen molar-refractivity contribution >= 4 is 22.1 Å². The number of nitrogens with zero attached hydrogens (tertiary/aromatic N) is 6. The molecule has 12 heteroatoms. The zero-order valence-electron chi connectivity index (χ0n) is 24.7. The van der Waals surface area contributed by atoms with Gasteiger partial charge in [0.05, 0.1) is 12.1 Å². The van der Waals surface area contributed by atoms with Crippen LogP contribution in [-0.2, 0) is 22.4 Å². The highest BCUT2D eigenvalue weighted by Crippen LogP contribution is 2.36. The van der Waals surface area contributed by atoms with Crippen molar-refractivity contribution in [3.63, 3.8) is 0 Å². The second kappa shape index (κ2) is 11.6. The van der Waals surface area contributed by atoms with Crippen molar-refractivity contribution < 1.29 is 22.6 Å². The summed E-state index contributed by atoms with van der Waals surface area (Å²) in [6, 6.07) is 8.25. The molecule has 2 aliphatic heterocycles. The van der Waals surface area contributed by atoms with Crippen molar-refractivity contribution in [2.45, 2.75) is 57.9 Å². The number of fused-ring (bicyclic) bond motifs is 3. The van der Waals surface area contributed by atoms with E-state index in [-0.39, 0.29) is 23.8 Å². The van der Waals surface area contributed by atoms with Gasteiger partial charge < -0.3 is 14.4 Å². The molecule has 6 rings (SSSR count). The number of imidazole rings is 1. The number of ether oxygens (including phenoxy) is 2. The molecule has 5 heterocycles. The van der Waals surface area contributed by atoms with E-state index in [4.69, 9.17) is 9.47 Å². The summed E-state index contributed by atoms with van der Waals surface area (Å²) in [5, 5.41) is 9.37. The maximum Gasteiger partial charge on any atom is 0.330 e. The monoisotopic (exact) mass is 598 g/mol. The fourth-order valence-corrected chi connectivity index (χ4v) is 6.08. The summed E-state index contributed by atoms with van der Waals surface area (Å²) < 4.78 is 57.6. The smallest absolute Gasteiger partial charge is 0.330 e. The summed E-state index contributed by atoms with van der Waals surface area (Å²) in [7, 11) is 1.68. The van der Waals surface area contributed by atoms with E-state index in [1.54, 1.807) is 23.7 Å². The maximum absolute atomic E-state index is 15.6. The number of pyridine rings is 1. The SMILES string of the molecule is Cn1c(=O)n(C2CCOCC2)c2c3cc(-c4ccc(C(F)(OCCN5CCC(C)(C)CC5)C(F)F)nc4)ccc3nnc21. The number of halogens is 3. The zero-order chi connectivity index (χ0) is 30.4. The quantitative estimate of drug-likeness (QED) is 0.275. The molecule has 0 saturated carbocycles. The molecule has 1 unspecified atom stereocenters. The molecule has 1 aromatic carbocycles. The Morgan fingerprint density at radius 1 is 1.09 bits per heavy atom. The molecule has 230 valence electrons. The standard InChI is InChI=1S/C31H37F3N6O3/c1-30(2)10-12-39(13-11-30)14-17-43-31(34,28(32)33)25-7-5-21(19-35-25)20-4-6-24-23(18-20)26-27(37-36-24)38(3)29(41)40(26)22-8-15-42-16-9-22/h4-7,18-19,22,28H,8-17H2,1-3H3. The predicted octanol–water partition coefficient (Wildman–Crippen LogP) is 5.22. The summed E-state index contributed by atoms with van der Waals surface area (Å²) >= 11 is 0. The van der Waals surface area contributed by atoms with Crippen molar-refractivity contribution in [1.82, 2.24) is 29.2 Å². The number of piperidine rings is 1. The van der Waals surface area contributed by atoms with E-state index in [1.807, 2.05) is 12.1 Å². The Balaban J connectivity index is 1.27. The lowest BCUT2D eigenvalue weighted by Crippen LogP contribution is -2.41. The van der Waals surface area contributed by atoms with Gasteiger partial charge in [-0.3, -0.25) is 14.1 Å². The van der Waals surface area contributed by atoms with Crippen molar-refractivity contribution in [1.29, 1.82) is 0 Å². The van der Waals surface area contributed by atoms with Crippen LogP contribution in [0.15, 0.2) is 41.3 Å². The van der Waals surface area contributed by atoms with Crippen LogP contribution in [0.1, 0.15) is 51.3 Å². The van der Waals surface area contributed by atoms with Gasteiger partial charge in [-0.15, -0.1) is 10.2 Å². The highest BCUT2D eigenvalue weighted by Gasteiger charge is 2.45. The molecular weight excluding hydrogens is 561 g/mol. The molecule has 0 N–H and O–H groups in total. The molecule has 9 nitrogen and oxygen atoms in total. The fourth-order valence-electron chi connectivity index (χ4n) is 6.08. The van der Waals surface area contributed by atoms with Gasteiger partial charge in [-0.2, -0.15) is 4.39 Å². The van der Waals surface area contributed by atoms with Crippen molar-refractivity contribution in [2.24, 2.45) is 12.5 Å². The van der Waals surface area contributed by atoms with Crippen molar-refractivity contribution in [3.05, 3.63) is 52.7 Å². The molecule has 0 amide bonds. The average Bonchev–Trinajstić information content (AvgIpc) is 3.27. The molecule has 1 atom stereocenters. The van der Waals surface area contributed by atoms with Crippen LogP contribution in [0, 0.1) is 5.41 Å². The number of rotatable bonds is 8. The van der Waals surface area contributed by atoms with Gasteiger partial charge in [0.1, 0.15) is 11.2 Å². The molecule has 0 aliphatic carbocycles. The molecule has 0 bridgehead atoms. The third-order valence-corrected chi connectivity index (χ3v) is 8.98. The van der Waals surface area contributed by atoms with Gasteiger partial charge in [0.25, 0.3) is 0 Å². The Hall–Kier alpha value is -3.35. The molecule has 2 aliphatic rings. The van der Waals surface area contributed by atoms with Gasteiger partial charge >= 0.3 is 18.0 Å². The maximum atomic E-state index is 15.6. The normalized spacial score (nSPS) is 19.8. The van der Waals surface area contributed by atoms with E-state index in [0.717, 1.165) is 31.3 Å². The van der Waals surface area contributed by atoms with Crippen LogP contribution in [0.4, 0.5) is 13.2 Å². The lowest BCUT2D eigenvalue weighted by molar-refractivity contribution is -0.234. The molecular formula is C31H37F3N6O3. The molecule has 4 aromatic rings.